The normalized spacial score (nSPS) is 10.8. The first-order chi connectivity index (χ1) is 9.65. The summed E-state index contributed by atoms with van der Waals surface area (Å²) in [6, 6.07) is 5.15. The zero-order valence-electron chi connectivity index (χ0n) is 10.6. The topological polar surface area (TPSA) is 72.6 Å². The SMILES string of the molecule is Cc1oc2ccc(OCc3nccs3)cc2c1C(=O)O. The Hall–Kier alpha value is -2.34. The molecule has 0 radical (unpaired) electrons. The van der Waals surface area contributed by atoms with Crippen molar-refractivity contribution in [3.8, 4) is 5.75 Å². The van der Waals surface area contributed by atoms with E-state index in [1.165, 1.54) is 11.3 Å². The lowest BCUT2D eigenvalue weighted by molar-refractivity contribution is 0.0697. The molecule has 6 heteroatoms. The number of aryl methyl sites for hydroxylation is 1. The van der Waals surface area contributed by atoms with Crippen molar-refractivity contribution in [2.24, 2.45) is 0 Å². The summed E-state index contributed by atoms with van der Waals surface area (Å²) in [6.45, 7) is 2.00. The Bertz CT molecular complexity index is 761. The number of thiazole rings is 1. The van der Waals surface area contributed by atoms with Crippen molar-refractivity contribution in [3.63, 3.8) is 0 Å². The largest absolute Gasteiger partial charge is 0.486 e. The van der Waals surface area contributed by atoms with Crippen molar-refractivity contribution < 1.29 is 19.1 Å². The van der Waals surface area contributed by atoms with Crippen molar-refractivity contribution in [3.05, 3.63) is 46.1 Å². The molecule has 0 saturated carbocycles. The number of carboxylic acid groups (broad SMARTS) is 1. The molecule has 5 nitrogen and oxygen atoms in total. The smallest absolute Gasteiger partial charge is 0.339 e. The number of ether oxygens (including phenoxy) is 1. The van der Waals surface area contributed by atoms with Crippen LogP contribution in [0.25, 0.3) is 11.0 Å². The summed E-state index contributed by atoms with van der Waals surface area (Å²) in [5.74, 6) is -0.0149. The van der Waals surface area contributed by atoms with E-state index < -0.39 is 5.97 Å². The molecule has 2 heterocycles. The predicted molar refractivity (Wildman–Crippen MR) is 74.4 cm³/mol. The maximum absolute atomic E-state index is 11.2. The van der Waals surface area contributed by atoms with Gasteiger partial charge < -0.3 is 14.3 Å². The van der Waals surface area contributed by atoms with Crippen LogP contribution in [0.3, 0.4) is 0 Å². The van der Waals surface area contributed by atoms with Crippen LogP contribution in [0.15, 0.2) is 34.2 Å². The molecule has 2 aromatic heterocycles. The lowest BCUT2D eigenvalue weighted by atomic mass is 10.1. The Morgan fingerprint density at radius 2 is 2.35 bits per heavy atom. The van der Waals surface area contributed by atoms with Crippen molar-refractivity contribution in [1.82, 2.24) is 4.98 Å². The molecule has 3 aromatic rings. The van der Waals surface area contributed by atoms with E-state index in [1.54, 1.807) is 31.3 Å². The van der Waals surface area contributed by atoms with Crippen LogP contribution in [0, 0.1) is 6.92 Å². The van der Waals surface area contributed by atoms with Gasteiger partial charge in [0.25, 0.3) is 0 Å². The van der Waals surface area contributed by atoms with Crippen LogP contribution in [0.1, 0.15) is 21.1 Å². The van der Waals surface area contributed by atoms with Gasteiger partial charge in [0.1, 0.15) is 34.3 Å². The van der Waals surface area contributed by atoms with E-state index in [1.807, 2.05) is 5.38 Å². The molecule has 0 unspecified atom stereocenters. The highest BCUT2D eigenvalue weighted by atomic mass is 32.1. The first-order valence-corrected chi connectivity index (χ1v) is 6.80. The lowest BCUT2D eigenvalue weighted by Crippen LogP contribution is -1.97. The van der Waals surface area contributed by atoms with Gasteiger partial charge in [0.05, 0.1) is 0 Å². The summed E-state index contributed by atoms with van der Waals surface area (Å²) in [6.07, 6.45) is 1.72. The third-order valence-electron chi connectivity index (χ3n) is 2.90. The predicted octanol–water partition coefficient (Wildman–Crippen LogP) is 3.47. The van der Waals surface area contributed by atoms with Gasteiger partial charge in [-0.25, -0.2) is 9.78 Å². The maximum Gasteiger partial charge on any atom is 0.339 e. The van der Waals surface area contributed by atoms with Crippen molar-refractivity contribution >= 4 is 28.3 Å². The Balaban J connectivity index is 1.93. The molecule has 1 N–H and O–H groups in total. The minimum atomic E-state index is -1.00. The minimum Gasteiger partial charge on any atom is -0.486 e. The molecule has 20 heavy (non-hydrogen) atoms. The molecule has 0 aliphatic rings. The van der Waals surface area contributed by atoms with E-state index >= 15 is 0 Å². The van der Waals surface area contributed by atoms with Crippen molar-refractivity contribution in [2.45, 2.75) is 13.5 Å². The highest BCUT2D eigenvalue weighted by Gasteiger charge is 2.17. The first kappa shape index (κ1) is 12.7. The molecule has 0 spiro atoms. The molecule has 0 aliphatic heterocycles. The Labute approximate surface area is 118 Å². The van der Waals surface area contributed by atoms with Gasteiger partial charge in [-0.2, -0.15) is 0 Å². The summed E-state index contributed by atoms with van der Waals surface area (Å²) in [5, 5.41) is 12.5. The van der Waals surface area contributed by atoms with Crippen LogP contribution in [-0.2, 0) is 6.61 Å². The van der Waals surface area contributed by atoms with Crippen LogP contribution in [0.2, 0.25) is 0 Å². The van der Waals surface area contributed by atoms with E-state index in [-0.39, 0.29) is 5.56 Å². The zero-order chi connectivity index (χ0) is 14.1. The molecule has 0 amide bonds. The molecule has 3 rings (SSSR count). The summed E-state index contributed by atoms with van der Waals surface area (Å²) < 4.78 is 11.0. The molecule has 0 saturated heterocycles. The number of aromatic carboxylic acids is 1. The fourth-order valence-electron chi connectivity index (χ4n) is 2.02. The van der Waals surface area contributed by atoms with Crippen LogP contribution in [0.4, 0.5) is 0 Å². The summed E-state index contributed by atoms with van der Waals surface area (Å²) in [7, 11) is 0. The molecule has 0 fully saturated rings. The highest BCUT2D eigenvalue weighted by molar-refractivity contribution is 7.09. The average Bonchev–Trinajstić information content (AvgIpc) is 3.01. The Morgan fingerprint density at radius 3 is 3.05 bits per heavy atom. The van der Waals surface area contributed by atoms with E-state index in [0.29, 0.717) is 29.1 Å². The van der Waals surface area contributed by atoms with Gasteiger partial charge in [-0.15, -0.1) is 11.3 Å². The lowest BCUT2D eigenvalue weighted by Gasteiger charge is -2.03. The van der Waals surface area contributed by atoms with E-state index in [4.69, 9.17) is 9.15 Å². The second-order valence-corrected chi connectivity index (χ2v) is 5.19. The number of benzene rings is 1. The van der Waals surface area contributed by atoms with Crippen LogP contribution in [0.5, 0.6) is 5.75 Å². The van der Waals surface area contributed by atoms with Gasteiger partial charge in [0, 0.05) is 17.0 Å². The van der Waals surface area contributed by atoms with E-state index in [2.05, 4.69) is 4.98 Å². The van der Waals surface area contributed by atoms with Crippen molar-refractivity contribution in [2.75, 3.05) is 0 Å². The summed E-state index contributed by atoms with van der Waals surface area (Å²) in [4.78, 5) is 15.4. The number of carbonyl (C=O) groups is 1. The highest BCUT2D eigenvalue weighted by Crippen LogP contribution is 2.29. The standard InChI is InChI=1S/C14H11NO4S/c1-8-13(14(16)17)10-6-9(2-3-11(10)19-8)18-7-12-15-4-5-20-12/h2-6H,7H2,1H3,(H,16,17). The molecule has 1 aromatic carbocycles. The molecular formula is C14H11NO4S. The van der Waals surface area contributed by atoms with Gasteiger partial charge in [0.2, 0.25) is 0 Å². The maximum atomic E-state index is 11.2. The minimum absolute atomic E-state index is 0.180. The zero-order valence-corrected chi connectivity index (χ0v) is 11.4. The monoisotopic (exact) mass is 289 g/mol. The molecule has 0 atom stereocenters. The number of furan rings is 1. The molecule has 0 aliphatic carbocycles. The van der Waals surface area contributed by atoms with Gasteiger partial charge in [-0.1, -0.05) is 0 Å². The quantitative estimate of drug-likeness (QED) is 0.796. The fraction of sp³-hybridized carbons (Fsp3) is 0.143. The Kier molecular flexibility index (Phi) is 3.15. The number of hydrogen-bond acceptors (Lipinski definition) is 5. The van der Waals surface area contributed by atoms with Gasteiger partial charge >= 0.3 is 5.97 Å². The van der Waals surface area contributed by atoms with Crippen LogP contribution >= 0.6 is 11.3 Å². The van der Waals surface area contributed by atoms with Gasteiger partial charge in [-0.05, 0) is 25.1 Å². The summed E-state index contributed by atoms with van der Waals surface area (Å²) >= 11 is 1.51. The van der Waals surface area contributed by atoms with Crippen LogP contribution < -0.4 is 4.74 Å². The molecular weight excluding hydrogens is 278 g/mol. The second-order valence-electron chi connectivity index (χ2n) is 4.21. The van der Waals surface area contributed by atoms with E-state index in [0.717, 1.165) is 5.01 Å². The number of hydrogen-bond donors (Lipinski definition) is 1. The summed E-state index contributed by atoms with van der Waals surface area (Å²) in [5.41, 5.74) is 0.723. The first-order valence-electron chi connectivity index (χ1n) is 5.93. The Morgan fingerprint density at radius 1 is 1.50 bits per heavy atom. The van der Waals surface area contributed by atoms with Gasteiger partial charge in [-0.3, -0.25) is 0 Å². The van der Waals surface area contributed by atoms with Crippen LogP contribution in [-0.4, -0.2) is 16.1 Å². The van der Waals surface area contributed by atoms with Gasteiger partial charge in [0.15, 0.2) is 0 Å². The van der Waals surface area contributed by atoms with E-state index in [9.17, 15) is 9.90 Å². The number of nitrogens with zero attached hydrogens (tertiary/aromatic N) is 1. The number of rotatable bonds is 4. The average molecular weight is 289 g/mol. The van der Waals surface area contributed by atoms with Crippen molar-refractivity contribution in [1.29, 1.82) is 0 Å². The third kappa shape index (κ3) is 2.25. The number of fused-ring (bicyclic) bond motifs is 1. The molecule has 102 valence electrons. The number of carboxylic acids is 1. The number of aromatic nitrogens is 1. The second kappa shape index (κ2) is 4.97. The third-order valence-corrected chi connectivity index (χ3v) is 3.65. The fourth-order valence-corrected chi connectivity index (χ4v) is 2.55. The molecule has 0 bridgehead atoms.